The van der Waals surface area contributed by atoms with Crippen LogP contribution in [0.15, 0.2) is 24.3 Å². The van der Waals surface area contributed by atoms with Crippen molar-refractivity contribution in [3.8, 4) is 5.75 Å². The van der Waals surface area contributed by atoms with E-state index in [9.17, 15) is 9.59 Å². The molecule has 0 radical (unpaired) electrons. The van der Waals surface area contributed by atoms with Crippen LogP contribution in [0.4, 0.5) is 0 Å². The molecule has 2 heterocycles. The monoisotopic (exact) mass is 384 g/mol. The fraction of sp³-hybridized carbons (Fsp3) is 0.652. The number of ether oxygens (including phenoxy) is 1. The second-order valence-electron chi connectivity index (χ2n) is 8.52. The van der Waals surface area contributed by atoms with E-state index in [1.807, 2.05) is 34.1 Å². The van der Waals surface area contributed by atoms with Gasteiger partial charge in [-0.2, -0.15) is 0 Å². The predicted molar refractivity (Wildman–Crippen MR) is 108 cm³/mol. The number of likely N-dealkylation sites (tertiary alicyclic amines) is 2. The normalized spacial score (nSPS) is 27.8. The molecular formula is C23H32N2O3. The van der Waals surface area contributed by atoms with Crippen LogP contribution < -0.4 is 4.74 Å². The van der Waals surface area contributed by atoms with Gasteiger partial charge >= 0.3 is 0 Å². The Morgan fingerprint density at radius 3 is 2.43 bits per heavy atom. The smallest absolute Gasteiger partial charge is 0.258 e. The van der Waals surface area contributed by atoms with Gasteiger partial charge in [0.25, 0.3) is 5.91 Å². The van der Waals surface area contributed by atoms with Crippen molar-refractivity contribution in [2.24, 2.45) is 5.92 Å². The Labute approximate surface area is 168 Å². The van der Waals surface area contributed by atoms with Gasteiger partial charge in [-0.15, -0.1) is 0 Å². The van der Waals surface area contributed by atoms with E-state index in [0.29, 0.717) is 17.2 Å². The molecule has 0 spiro atoms. The molecule has 5 nitrogen and oxygen atoms in total. The van der Waals surface area contributed by atoms with Gasteiger partial charge in [-0.3, -0.25) is 9.59 Å². The summed E-state index contributed by atoms with van der Waals surface area (Å²) in [6, 6.07) is 7.27. The summed E-state index contributed by atoms with van der Waals surface area (Å²) in [6.07, 6.45) is 9.86. The quantitative estimate of drug-likeness (QED) is 0.795. The maximum absolute atomic E-state index is 13.6. The highest BCUT2D eigenvalue weighted by Gasteiger charge is 2.48. The van der Waals surface area contributed by atoms with Crippen molar-refractivity contribution < 1.29 is 14.3 Å². The van der Waals surface area contributed by atoms with Crippen molar-refractivity contribution in [2.45, 2.75) is 69.9 Å². The summed E-state index contributed by atoms with van der Waals surface area (Å²) in [6.45, 7) is 1.67. The zero-order valence-electron chi connectivity index (χ0n) is 16.9. The topological polar surface area (TPSA) is 49.9 Å². The summed E-state index contributed by atoms with van der Waals surface area (Å²) in [4.78, 5) is 31.1. The van der Waals surface area contributed by atoms with Crippen molar-refractivity contribution in [2.75, 3.05) is 20.2 Å². The van der Waals surface area contributed by atoms with Crippen LogP contribution in [0.25, 0.3) is 0 Å². The first-order valence-corrected chi connectivity index (χ1v) is 10.9. The maximum Gasteiger partial charge on any atom is 0.258 e. The van der Waals surface area contributed by atoms with Crippen LogP contribution in [0.3, 0.4) is 0 Å². The summed E-state index contributed by atoms with van der Waals surface area (Å²) in [5.74, 6) is 1.17. The minimum Gasteiger partial charge on any atom is -0.496 e. The number of carbonyl (C=O) groups is 2. The summed E-state index contributed by atoms with van der Waals surface area (Å²) in [5.41, 5.74) is 0.574. The lowest BCUT2D eigenvalue weighted by Crippen LogP contribution is -2.51. The Hall–Kier alpha value is -2.04. The Morgan fingerprint density at radius 1 is 0.964 bits per heavy atom. The maximum atomic E-state index is 13.6. The van der Waals surface area contributed by atoms with E-state index in [1.165, 1.54) is 19.3 Å². The van der Waals surface area contributed by atoms with Gasteiger partial charge in [0.15, 0.2) is 0 Å². The summed E-state index contributed by atoms with van der Waals surface area (Å²) in [7, 11) is 1.60. The highest BCUT2D eigenvalue weighted by Crippen LogP contribution is 2.41. The first kappa shape index (κ1) is 19.3. The van der Waals surface area contributed by atoms with Crippen LogP contribution in [0.2, 0.25) is 0 Å². The van der Waals surface area contributed by atoms with E-state index in [4.69, 9.17) is 4.74 Å². The number of nitrogens with zero attached hydrogens (tertiary/aromatic N) is 2. The number of hydrogen-bond acceptors (Lipinski definition) is 3. The van der Waals surface area contributed by atoms with Crippen molar-refractivity contribution in [1.82, 2.24) is 9.80 Å². The lowest BCUT2D eigenvalue weighted by molar-refractivity contribution is -0.135. The minimum absolute atomic E-state index is 0.0416. The Morgan fingerprint density at radius 2 is 1.68 bits per heavy atom. The number of hydrogen-bond donors (Lipinski definition) is 0. The predicted octanol–water partition coefficient (Wildman–Crippen LogP) is 3.87. The molecule has 0 bridgehead atoms. The fourth-order valence-corrected chi connectivity index (χ4v) is 5.43. The molecule has 1 aromatic carbocycles. The molecule has 3 atom stereocenters. The lowest BCUT2D eigenvalue weighted by atomic mass is 9.84. The van der Waals surface area contributed by atoms with Crippen molar-refractivity contribution in [1.29, 1.82) is 0 Å². The molecule has 1 saturated carbocycles. The second kappa shape index (κ2) is 8.54. The molecule has 2 saturated heterocycles. The van der Waals surface area contributed by atoms with E-state index >= 15 is 0 Å². The molecule has 0 unspecified atom stereocenters. The molecule has 2 amide bonds. The molecule has 0 N–H and O–H groups in total. The van der Waals surface area contributed by atoms with Crippen molar-refractivity contribution in [3.63, 3.8) is 0 Å². The van der Waals surface area contributed by atoms with Crippen molar-refractivity contribution >= 4 is 11.8 Å². The third-order valence-electron chi connectivity index (χ3n) is 6.86. The standard InChI is InChI=1S/C23H32N2O3/c1-28-21-13-7-5-11-18(21)22(26)25-19-12-6-4-10-17(19)16-20(25)23(27)24-14-8-2-3-9-15-24/h5,7,11,13,17,19-20H,2-4,6,8-10,12,14-16H2,1H3/t17-,19+,20-/m0/s1. The molecule has 0 aromatic heterocycles. The number of para-hydroxylation sites is 1. The molecule has 1 aromatic rings. The van der Waals surface area contributed by atoms with Gasteiger partial charge in [-0.1, -0.05) is 37.8 Å². The minimum atomic E-state index is -0.316. The molecular weight excluding hydrogens is 352 g/mol. The third-order valence-corrected chi connectivity index (χ3v) is 6.86. The van der Waals surface area contributed by atoms with E-state index in [-0.39, 0.29) is 23.9 Å². The first-order chi connectivity index (χ1) is 13.7. The molecule has 4 rings (SSSR count). The number of carbonyl (C=O) groups excluding carboxylic acids is 2. The molecule has 5 heteroatoms. The zero-order chi connectivity index (χ0) is 19.5. The Balaban J connectivity index is 1.64. The number of benzene rings is 1. The van der Waals surface area contributed by atoms with E-state index in [2.05, 4.69) is 0 Å². The number of fused-ring (bicyclic) bond motifs is 1. The molecule has 152 valence electrons. The molecule has 3 fully saturated rings. The average molecular weight is 385 g/mol. The average Bonchev–Trinajstić information content (AvgIpc) is 2.91. The van der Waals surface area contributed by atoms with Crippen LogP contribution in [0, 0.1) is 5.92 Å². The van der Waals surface area contributed by atoms with Crippen LogP contribution in [-0.2, 0) is 4.79 Å². The summed E-state index contributed by atoms with van der Waals surface area (Å²) in [5, 5.41) is 0. The highest BCUT2D eigenvalue weighted by molar-refractivity contribution is 6.00. The van der Waals surface area contributed by atoms with E-state index in [0.717, 1.165) is 51.6 Å². The molecule has 28 heavy (non-hydrogen) atoms. The van der Waals surface area contributed by atoms with Gasteiger partial charge in [0.05, 0.1) is 12.7 Å². The first-order valence-electron chi connectivity index (χ1n) is 10.9. The van der Waals surface area contributed by atoms with Crippen LogP contribution in [0.5, 0.6) is 5.75 Å². The largest absolute Gasteiger partial charge is 0.496 e. The zero-order valence-corrected chi connectivity index (χ0v) is 16.9. The van der Waals surface area contributed by atoms with Crippen LogP contribution in [-0.4, -0.2) is 53.9 Å². The Kier molecular flexibility index (Phi) is 5.88. The fourth-order valence-electron chi connectivity index (χ4n) is 5.43. The lowest BCUT2D eigenvalue weighted by Gasteiger charge is -2.35. The van der Waals surface area contributed by atoms with Crippen molar-refractivity contribution in [3.05, 3.63) is 29.8 Å². The summed E-state index contributed by atoms with van der Waals surface area (Å²) < 4.78 is 5.45. The van der Waals surface area contributed by atoms with Crippen LogP contribution >= 0.6 is 0 Å². The molecule has 1 aliphatic carbocycles. The number of amides is 2. The van der Waals surface area contributed by atoms with Gasteiger partial charge in [-0.25, -0.2) is 0 Å². The highest BCUT2D eigenvalue weighted by atomic mass is 16.5. The number of methoxy groups -OCH3 is 1. The Bertz CT molecular complexity index is 712. The third kappa shape index (κ3) is 3.63. The van der Waals surface area contributed by atoms with Gasteiger partial charge in [0.2, 0.25) is 5.91 Å². The van der Waals surface area contributed by atoms with E-state index in [1.54, 1.807) is 7.11 Å². The van der Waals surface area contributed by atoms with Crippen LogP contribution in [0.1, 0.15) is 68.1 Å². The van der Waals surface area contributed by atoms with Gasteiger partial charge in [-0.05, 0) is 50.2 Å². The number of rotatable bonds is 3. The van der Waals surface area contributed by atoms with E-state index < -0.39 is 0 Å². The summed E-state index contributed by atoms with van der Waals surface area (Å²) >= 11 is 0. The molecule has 2 aliphatic heterocycles. The molecule has 3 aliphatic rings. The SMILES string of the molecule is COc1ccccc1C(=O)N1[C@@H]2CCCC[C@H]2C[C@H]1C(=O)N1CCCCCC1. The van der Waals surface area contributed by atoms with Gasteiger partial charge in [0, 0.05) is 19.1 Å². The second-order valence-corrected chi connectivity index (χ2v) is 8.52. The van der Waals surface area contributed by atoms with Gasteiger partial charge < -0.3 is 14.5 Å². The van der Waals surface area contributed by atoms with Gasteiger partial charge in [0.1, 0.15) is 11.8 Å².